The quantitative estimate of drug-likeness (QED) is 0.628. The molecular weight excluding hydrogens is 361 g/mol. The molecule has 1 saturated heterocycles. The predicted octanol–water partition coefficient (Wildman–Crippen LogP) is 1.88. The number of amides is 1. The molecule has 3 N–H and O–H groups in total. The first-order valence-corrected chi connectivity index (χ1v) is 9.06. The number of aromatic nitrogens is 3. The number of carbonyl (C=O) groups excluding carboxylic acids is 1. The van der Waals surface area contributed by atoms with E-state index in [2.05, 4.69) is 25.6 Å². The standard InChI is InChI=1S/C20H20FN5O2/c21-14-5-3-4-13(10-14)18-19(15-6-1-2-7-22-15)26-17(25-18)11-24-20(27)16-12-28-9-8-23-16/h1-7,10,16,23H,8-9,11-12H2,(H,24,27)(H,25,26)/t16-/m1/s1. The smallest absolute Gasteiger partial charge is 0.239 e. The molecule has 2 aromatic heterocycles. The summed E-state index contributed by atoms with van der Waals surface area (Å²) in [6.07, 6.45) is 1.68. The van der Waals surface area contributed by atoms with Gasteiger partial charge >= 0.3 is 0 Å². The van der Waals surface area contributed by atoms with Crippen LogP contribution in [-0.2, 0) is 16.1 Å². The second-order valence-electron chi connectivity index (χ2n) is 6.43. The highest BCUT2D eigenvalue weighted by Crippen LogP contribution is 2.29. The molecule has 28 heavy (non-hydrogen) atoms. The molecule has 1 fully saturated rings. The van der Waals surface area contributed by atoms with Gasteiger partial charge in [-0.2, -0.15) is 0 Å². The second-order valence-corrected chi connectivity index (χ2v) is 6.43. The van der Waals surface area contributed by atoms with E-state index < -0.39 is 0 Å². The Labute approximate surface area is 161 Å². The van der Waals surface area contributed by atoms with Crippen LogP contribution in [0.4, 0.5) is 4.39 Å². The zero-order chi connectivity index (χ0) is 19.3. The van der Waals surface area contributed by atoms with Gasteiger partial charge < -0.3 is 20.4 Å². The fourth-order valence-electron chi connectivity index (χ4n) is 3.07. The van der Waals surface area contributed by atoms with E-state index in [4.69, 9.17) is 4.74 Å². The summed E-state index contributed by atoms with van der Waals surface area (Å²) in [6.45, 7) is 1.81. The van der Waals surface area contributed by atoms with Crippen molar-refractivity contribution in [3.8, 4) is 22.6 Å². The van der Waals surface area contributed by atoms with Crippen molar-refractivity contribution in [3.63, 3.8) is 0 Å². The van der Waals surface area contributed by atoms with E-state index in [1.807, 2.05) is 18.2 Å². The number of hydrogen-bond donors (Lipinski definition) is 3. The number of halogens is 1. The van der Waals surface area contributed by atoms with Gasteiger partial charge in [0.25, 0.3) is 0 Å². The lowest BCUT2D eigenvalue weighted by Gasteiger charge is -2.22. The number of rotatable bonds is 5. The fourth-order valence-corrected chi connectivity index (χ4v) is 3.07. The number of benzene rings is 1. The molecule has 1 atom stereocenters. The normalized spacial score (nSPS) is 16.7. The summed E-state index contributed by atoms with van der Waals surface area (Å²) in [6, 6.07) is 11.4. The number of nitrogens with one attached hydrogen (secondary N) is 3. The first-order valence-electron chi connectivity index (χ1n) is 9.06. The molecule has 4 rings (SSSR count). The van der Waals surface area contributed by atoms with E-state index in [1.165, 1.54) is 12.1 Å². The van der Waals surface area contributed by atoms with Crippen LogP contribution in [0.2, 0.25) is 0 Å². The summed E-state index contributed by atoms with van der Waals surface area (Å²) in [7, 11) is 0. The number of nitrogens with zero attached hydrogens (tertiary/aromatic N) is 2. The number of ether oxygens (including phenoxy) is 1. The van der Waals surface area contributed by atoms with Crippen molar-refractivity contribution in [2.45, 2.75) is 12.6 Å². The van der Waals surface area contributed by atoms with Crippen LogP contribution in [-0.4, -0.2) is 46.7 Å². The molecule has 3 aromatic rings. The maximum atomic E-state index is 13.7. The number of pyridine rings is 1. The number of imidazole rings is 1. The average Bonchev–Trinajstić information content (AvgIpc) is 3.18. The number of H-pyrrole nitrogens is 1. The molecule has 3 heterocycles. The summed E-state index contributed by atoms with van der Waals surface area (Å²) in [5.41, 5.74) is 2.59. The molecule has 0 spiro atoms. The van der Waals surface area contributed by atoms with Crippen LogP contribution < -0.4 is 10.6 Å². The van der Waals surface area contributed by atoms with E-state index in [1.54, 1.807) is 18.3 Å². The third-order valence-electron chi connectivity index (χ3n) is 4.44. The summed E-state index contributed by atoms with van der Waals surface area (Å²) >= 11 is 0. The number of hydrogen-bond acceptors (Lipinski definition) is 5. The van der Waals surface area contributed by atoms with Gasteiger partial charge in [-0.3, -0.25) is 9.78 Å². The molecule has 0 aliphatic carbocycles. The average molecular weight is 381 g/mol. The first kappa shape index (κ1) is 18.3. The third-order valence-corrected chi connectivity index (χ3v) is 4.44. The van der Waals surface area contributed by atoms with Crippen molar-refractivity contribution < 1.29 is 13.9 Å². The third kappa shape index (κ3) is 4.08. The van der Waals surface area contributed by atoms with Crippen molar-refractivity contribution >= 4 is 5.91 Å². The van der Waals surface area contributed by atoms with Crippen molar-refractivity contribution in [1.82, 2.24) is 25.6 Å². The minimum atomic E-state index is -0.373. The van der Waals surface area contributed by atoms with Gasteiger partial charge in [-0.1, -0.05) is 18.2 Å². The second kappa shape index (κ2) is 8.28. The summed E-state index contributed by atoms with van der Waals surface area (Å²) in [4.78, 5) is 24.4. The Hall–Kier alpha value is -3.10. The zero-order valence-corrected chi connectivity index (χ0v) is 15.1. The van der Waals surface area contributed by atoms with Gasteiger partial charge in [-0.15, -0.1) is 0 Å². The molecule has 144 valence electrons. The van der Waals surface area contributed by atoms with Crippen LogP contribution in [0.5, 0.6) is 0 Å². The van der Waals surface area contributed by atoms with Gasteiger partial charge in [0.2, 0.25) is 5.91 Å². The van der Waals surface area contributed by atoms with Crippen molar-refractivity contribution in [3.05, 3.63) is 60.3 Å². The predicted molar refractivity (Wildman–Crippen MR) is 102 cm³/mol. The van der Waals surface area contributed by atoms with E-state index in [-0.39, 0.29) is 24.3 Å². The van der Waals surface area contributed by atoms with Crippen LogP contribution in [0, 0.1) is 5.82 Å². The van der Waals surface area contributed by atoms with Gasteiger partial charge in [0.05, 0.1) is 36.8 Å². The molecular formula is C20H20FN5O2. The Bertz CT molecular complexity index is 954. The Kier molecular flexibility index (Phi) is 5.41. The maximum absolute atomic E-state index is 13.7. The minimum absolute atomic E-state index is 0.150. The summed E-state index contributed by atoms with van der Waals surface area (Å²) < 4.78 is 19.0. The van der Waals surface area contributed by atoms with E-state index >= 15 is 0 Å². The highest BCUT2D eigenvalue weighted by Gasteiger charge is 2.22. The highest BCUT2D eigenvalue weighted by atomic mass is 19.1. The molecule has 0 bridgehead atoms. The fraction of sp³-hybridized carbons (Fsp3) is 0.250. The van der Waals surface area contributed by atoms with Crippen LogP contribution in [0.15, 0.2) is 48.7 Å². The molecule has 1 aliphatic heterocycles. The lowest BCUT2D eigenvalue weighted by Crippen LogP contribution is -2.51. The van der Waals surface area contributed by atoms with Gasteiger partial charge in [-0.05, 0) is 24.3 Å². The molecule has 1 amide bonds. The lowest BCUT2D eigenvalue weighted by atomic mass is 10.1. The van der Waals surface area contributed by atoms with E-state index in [0.29, 0.717) is 48.2 Å². The summed E-state index contributed by atoms with van der Waals surface area (Å²) in [5.74, 6) is 0.0680. The highest BCUT2D eigenvalue weighted by molar-refractivity contribution is 5.82. The van der Waals surface area contributed by atoms with E-state index in [9.17, 15) is 9.18 Å². The Morgan fingerprint density at radius 3 is 2.96 bits per heavy atom. The van der Waals surface area contributed by atoms with Gasteiger partial charge in [-0.25, -0.2) is 9.37 Å². The zero-order valence-electron chi connectivity index (χ0n) is 15.1. The Balaban J connectivity index is 1.59. The molecule has 8 heteroatoms. The molecule has 7 nitrogen and oxygen atoms in total. The maximum Gasteiger partial charge on any atom is 0.239 e. The largest absolute Gasteiger partial charge is 0.378 e. The van der Waals surface area contributed by atoms with Crippen molar-refractivity contribution in [2.75, 3.05) is 19.8 Å². The Morgan fingerprint density at radius 2 is 2.21 bits per heavy atom. The van der Waals surface area contributed by atoms with Crippen molar-refractivity contribution in [2.24, 2.45) is 0 Å². The lowest BCUT2D eigenvalue weighted by molar-refractivity contribution is -0.126. The number of carbonyl (C=O) groups is 1. The number of morpholine rings is 1. The molecule has 1 aliphatic rings. The Morgan fingerprint density at radius 1 is 1.29 bits per heavy atom. The monoisotopic (exact) mass is 381 g/mol. The summed E-state index contributed by atoms with van der Waals surface area (Å²) in [5, 5.41) is 5.96. The number of aromatic amines is 1. The van der Waals surface area contributed by atoms with Gasteiger partial charge in [0.15, 0.2) is 0 Å². The topological polar surface area (TPSA) is 91.9 Å². The molecule has 1 aromatic carbocycles. The van der Waals surface area contributed by atoms with Crippen LogP contribution in [0.1, 0.15) is 5.82 Å². The molecule has 0 saturated carbocycles. The minimum Gasteiger partial charge on any atom is -0.378 e. The van der Waals surface area contributed by atoms with Crippen molar-refractivity contribution in [1.29, 1.82) is 0 Å². The molecule has 0 radical (unpaired) electrons. The first-order chi connectivity index (χ1) is 13.7. The van der Waals surface area contributed by atoms with Gasteiger partial charge in [0.1, 0.15) is 17.7 Å². The van der Waals surface area contributed by atoms with Crippen LogP contribution in [0.25, 0.3) is 22.6 Å². The van der Waals surface area contributed by atoms with Crippen LogP contribution >= 0.6 is 0 Å². The SMILES string of the molecule is O=C(NCc1nc(-c2cccc(F)c2)c(-c2ccccn2)[nH]1)[C@H]1COCCN1. The molecule has 0 unspecified atom stereocenters. The van der Waals surface area contributed by atoms with E-state index in [0.717, 1.165) is 0 Å². The van der Waals surface area contributed by atoms with Crippen LogP contribution in [0.3, 0.4) is 0 Å². The van der Waals surface area contributed by atoms with Gasteiger partial charge in [0, 0.05) is 18.3 Å².